The van der Waals surface area contributed by atoms with Crippen LogP contribution in [-0.4, -0.2) is 19.6 Å². The Balaban J connectivity index is 2.32. The van der Waals surface area contributed by atoms with E-state index < -0.39 is 0 Å². The highest BCUT2D eigenvalue weighted by molar-refractivity contribution is 9.10. The van der Waals surface area contributed by atoms with Crippen molar-refractivity contribution < 1.29 is 0 Å². The van der Waals surface area contributed by atoms with Crippen molar-refractivity contribution in [3.63, 3.8) is 0 Å². The van der Waals surface area contributed by atoms with E-state index in [0.717, 1.165) is 19.6 Å². The Kier molecular flexibility index (Phi) is 2.91. The molecular weight excluding hydrogens is 240 g/mol. The summed E-state index contributed by atoms with van der Waals surface area (Å²) in [5, 5.41) is 6.98. The van der Waals surface area contributed by atoms with Gasteiger partial charge in [0.1, 0.15) is 0 Å². The van der Waals surface area contributed by atoms with Crippen LogP contribution < -0.4 is 10.6 Å². The van der Waals surface area contributed by atoms with Gasteiger partial charge in [-0.15, -0.1) is 0 Å². The van der Waals surface area contributed by atoms with E-state index in [9.17, 15) is 0 Å². The number of benzene rings is 1. The summed E-state index contributed by atoms with van der Waals surface area (Å²) in [5.74, 6) is 0. The minimum absolute atomic E-state index is 0.0539. The molecule has 0 saturated carbocycles. The first kappa shape index (κ1) is 10.1. The predicted octanol–water partition coefficient (Wildman–Crippen LogP) is 1.86. The molecule has 2 nitrogen and oxygen atoms in total. The van der Waals surface area contributed by atoms with Crippen LogP contribution in [0.25, 0.3) is 0 Å². The fraction of sp³-hybridized carbons (Fsp3) is 0.455. The van der Waals surface area contributed by atoms with Gasteiger partial charge in [0.15, 0.2) is 0 Å². The molecule has 1 aromatic rings. The second-order valence-corrected chi connectivity index (χ2v) is 4.77. The van der Waals surface area contributed by atoms with Crippen LogP contribution in [0.15, 0.2) is 28.7 Å². The lowest BCUT2D eigenvalue weighted by Gasteiger charge is -2.36. The zero-order valence-electron chi connectivity index (χ0n) is 8.31. The summed E-state index contributed by atoms with van der Waals surface area (Å²) in [4.78, 5) is 0. The Morgan fingerprint density at radius 1 is 1.29 bits per heavy atom. The molecule has 14 heavy (non-hydrogen) atoms. The van der Waals surface area contributed by atoms with Crippen molar-refractivity contribution in [3.05, 3.63) is 34.3 Å². The summed E-state index contributed by atoms with van der Waals surface area (Å²) in [7, 11) is 0. The van der Waals surface area contributed by atoms with Crippen LogP contribution in [0.5, 0.6) is 0 Å². The molecule has 0 aliphatic carbocycles. The van der Waals surface area contributed by atoms with E-state index >= 15 is 0 Å². The molecule has 0 radical (unpaired) electrons. The van der Waals surface area contributed by atoms with Gasteiger partial charge in [-0.2, -0.15) is 0 Å². The molecule has 76 valence electrons. The maximum atomic E-state index is 3.60. The largest absolute Gasteiger partial charge is 0.313 e. The fourth-order valence-electron chi connectivity index (χ4n) is 1.93. The van der Waals surface area contributed by atoms with Crippen LogP contribution in [0.2, 0.25) is 0 Å². The zero-order chi connectivity index (χ0) is 10.0. The number of halogens is 1. The van der Waals surface area contributed by atoms with Crippen LogP contribution in [0, 0.1) is 0 Å². The van der Waals surface area contributed by atoms with Crippen LogP contribution >= 0.6 is 15.9 Å². The molecule has 1 heterocycles. The first-order valence-electron chi connectivity index (χ1n) is 4.93. The number of nitrogens with one attached hydrogen (secondary N) is 2. The van der Waals surface area contributed by atoms with Crippen LogP contribution in [0.3, 0.4) is 0 Å². The molecule has 0 amide bonds. The topological polar surface area (TPSA) is 24.1 Å². The van der Waals surface area contributed by atoms with Gasteiger partial charge >= 0.3 is 0 Å². The second-order valence-electron chi connectivity index (χ2n) is 3.92. The molecule has 3 heteroatoms. The molecule has 1 aliphatic rings. The van der Waals surface area contributed by atoms with Gasteiger partial charge in [0, 0.05) is 24.1 Å². The van der Waals surface area contributed by atoms with Crippen LogP contribution in [-0.2, 0) is 5.54 Å². The maximum absolute atomic E-state index is 3.60. The average molecular weight is 255 g/mol. The molecule has 1 aromatic carbocycles. The van der Waals surface area contributed by atoms with Gasteiger partial charge in [-0.25, -0.2) is 0 Å². The Morgan fingerprint density at radius 3 is 2.71 bits per heavy atom. The highest BCUT2D eigenvalue weighted by Gasteiger charge is 2.29. The van der Waals surface area contributed by atoms with E-state index in [-0.39, 0.29) is 5.54 Å². The number of hydrogen-bond donors (Lipinski definition) is 2. The number of rotatable bonds is 1. The van der Waals surface area contributed by atoms with E-state index in [4.69, 9.17) is 0 Å². The van der Waals surface area contributed by atoms with Crippen molar-refractivity contribution in [2.45, 2.75) is 12.5 Å². The lowest BCUT2D eigenvalue weighted by molar-refractivity contribution is 0.302. The van der Waals surface area contributed by atoms with Gasteiger partial charge in [0.2, 0.25) is 0 Å². The zero-order valence-corrected chi connectivity index (χ0v) is 9.89. The molecule has 1 aliphatic heterocycles. The Hall–Kier alpha value is -0.380. The summed E-state index contributed by atoms with van der Waals surface area (Å²) in [6.07, 6.45) is 0. The molecule has 0 bridgehead atoms. The third kappa shape index (κ3) is 1.85. The number of hydrogen-bond acceptors (Lipinski definition) is 2. The van der Waals surface area contributed by atoms with Crippen molar-refractivity contribution in [1.29, 1.82) is 0 Å². The van der Waals surface area contributed by atoms with Gasteiger partial charge in [-0.1, -0.05) is 34.1 Å². The monoisotopic (exact) mass is 254 g/mol. The highest BCUT2D eigenvalue weighted by atomic mass is 79.9. The molecule has 1 atom stereocenters. The molecule has 2 N–H and O–H groups in total. The SMILES string of the molecule is CC1(c2ccccc2Br)CNCCN1. The summed E-state index contributed by atoms with van der Waals surface area (Å²) < 4.78 is 1.18. The van der Waals surface area contributed by atoms with Crippen LogP contribution in [0.1, 0.15) is 12.5 Å². The normalized spacial score (nSPS) is 27.6. The van der Waals surface area contributed by atoms with Gasteiger partial charge in [0.05, 0.1) is 5.54 Å². The maximum Gasteiger partial charge on any atom is 0.0543 e. The molecule has 2 rings (SSSR count). The molecule has 1 fully saturated rings. The molecular formula is C11H15BrN2. The minimum Gasteiger partial charge on any atom is -0.313 e. The first-order chi connectivity index (χ1) is 6.72. The van der Waals surface area contributed by atoms with E-state index in [1.54, 1.807) is 0 Å². The second kappa shape index (κ2) is 4.01. The van der Waals surface area contributed by atoms with Crippen molar-refractivity contribution in [1.82, 2.24) is 10.6 Å². The summed E-state index contributed by atoms with van der Waals surface area (Å²) in [6, 6.07) is 8.40. The predicted molar refractivity (Wildman–Crippen MR) is 62.4 cm³/mol. The molecule has 0 aromatic heterocycles. The Labute approximate surface area is 93.2 Å². The highest BCUT2D eigenvalue weighted by Crippen LogP contribution is 2.28. The van der Waals surface area contributed by atoms with Gasteiger partial charge in [-0.3, -0.25) is 0 Å². The lowest BCUT2D eigenvalue weighted by atomic mass is 9.90. The third-order valence-electron chi connectivity index (χ3n) is 2.76. The van der Waals surface area contributed by atoms with Crippen molar-refractivity contribution in [2.75, 3.05) is 19.6 Å². The summed E-state index contributed by atoms with van der Waals surface area (Å²) in [5.41, 5.74) is 1.38. The Bertz CT molecular complexity index is 319. The third-order valence-corrected chi connectivity index (χ3v) is 3.46. The Morgan fingerprint density at radius 2 is 2.07 bits per heavy atom. The average Bonchev–Trinajstić information content (AvgIpc) is 2.19. The minimum atomic E-state index is 0.0539. The fourth-order valence-corrected chi connectivity index (χ4v) is 2.65. The van der Waals surface area contributed by atoms with E-state index in [1.807, 2.05) is 6.07 Å². The van der Waals surface area contributed by atoms with Crippen molar-refractivity contribution in [3.8, 4) is 0 Å². The van der Waals surface area contributed by atoms with Gasteiger partial charge in [-0.05, 0) is 18.6 Å². The van der Waals surface area contributed by atoms with E-state index in [1.165, 1.54) is 10.0 Å². The molecule has 1 unspecified atom stereocenters. The number of piperazine rings is 1. The van der Waals surface area contributed by atoms with Crippen LogP contribution in [0.4, 0.5) is 0 Å². The first-order valence-corrected chi connectivity index (χ1v) is 5.72. The smallest absolute Gasteiger partial charge is 0.0543 e. The van der Waals surface area contributed by atoms with Crippen molar-refractivity contribution in [2.24, 2.45) is 0 Å². The molecule has 0 spiro atoms. The lowest BCUT2D eigenvalue weighted by Crippen LogP contribution is -2.55. The van der Waals surface area contributed by atoms with E-state index in [2.05, 4.69) is 51.7 Å². The molecule has 1 saturated heterocycles. The van der Waals surface area contributed by atoms with Crippen molar-refractivity contribution >= 4 is 15.9 Å². The quantitative estimate of drug-likeness (QED) is 0.800. The summed E-state index contributed by atoms with van der Waals surface area (Å²) in [6.45, 7) is 5.30. The van der Waals surface area contributed by atoms with E-state index in [0.29, 0.717) is 0 Å². The van der Waals surface area contributed by atoms with Gasteiger partial charge in [0.25, 0.3) is 0 Å². The standard InChI is InChI=1S/C11H15BrN2/c1-11(8-13-6-7-14-11)9-4-2-3-5-10(9)12/h2-5,13-14H,6-8H2,1H3. The van der Waals surface area contributed by atoms with Gasteiger partial charge < -0.3 is 10.6 Å². The summed E-state index contributed by atoms with van der Waals surface area (Å²) >= 11 is 3.60.